The topological polar surface area (TPSA) is 70.5 Å². The van der Waals surface area contributed by atoms with Crippen molar-refractivity contribution < 1.29 is 19.1 Å². The molecule has 0 spiro atoms. The molecule has 2 rings (SSSR count). The van der Waals surface area contributed by atoms with E-state index in [0.717, 1.165) is 0 Å². The van der Waals surface area contributed by atoms with E-state index >= 15 is 0 Å². The van der Waals surface area contributed by atoms with Crippen LogP contribution in [0.4, 0.5) is 10.1 Å². The number of nitrogens with zero attached hydrogens (tertiary/aromatic N) is 2. The Labute approximate surface area is 120 Å². The van der Waals surface area contributed by atoms with E-state index in [4.69, 9.17) is 5.11 Å². The third-order valence-corrected chi connectivity index (χ3v) is 2.94. The molecule has 0 bridgehead atoms. The molecule has 1 heterocycles. The fraction of sp³-hybridized carbons (Fsp3) is 0.133. The van der Waals surface area contributed by atoms with Crippen LogP contribution in [0.15, 0.2) is 42.6 Å². The first-order valence-electron chi connectivity index (χ1n) is 6.30. The summed E-state index contributed by atoms with van der Waals surface area (Å²) in [5, 5.41) is 9.12. The molecule has 1 aromatic carbocycles. The van der Waals surface area contributed by atoms with Crippen molar-refractivity contribution in [3.05, 3.63) is 59.7 Å². The van der Waals surface area contributed by atoms with Gasteiger partial charge >= 0.3 is 5.97 Å². The van der Waals surface area contributed by atoms with Crippen molar-refractivity contribution in [3.8, 4) is 0 Å². The highest BCUT2D eigenvalue weighted by Gasteiger charge is 2.23. The van der Waals surface area contributed by atoms with Crippen LogP contribution in [0.1, 0.15) is 27.8 Å². The molecule has 21 heavy (non-hydrogen) atoms. The lowest BCUT2D eigenvalue weighted by atomic mass is 10.1. The Hall–Kier alpha value is -2.76. The number of aromatic nitrogens is 1. The van der Waals surface area contributed by atoms with Crippen LogP contribution in [0.5, 0.6) is 0 Å². The molecule has 1 N–H and O–H groups in total. The molecule has 0 saturated carbocycles. The highest BCUT2D eigenvalue weighted by atomic mass is 19.1. The lowest BCUT2D eigenvalue weighted by Crippen LogP contribution is -2.32. The summed E-state index contributed by atoms with van der Waals surface area (Å²) in [7, 11) is 0. The average molecular weight is 288 g/mol. The lowest BCUT2D eigenvalue weighted by molar-refractivity contribution is 0.0691. The highest BCUT2D eigenvalue weighted by molar-refractivity contribution is 6.10. The summed E-state index contributed by atoms with van der Waals surface area (Å²) in [6.45, 7) is 2.05. The molecule has 0 unspecified atom stereocenters. The number of anilines is 1. The Morgan fingerprint density at radius 1 is 1.24 bits per heavy atom. The van der Waals surface area contributed by atoms with Crippen molar-refractivity contribution in [1.29, 1.82) is 0 Å². The minimum atomic E-state index is -1.22. The molecular weight excluding hydrogens is 275 g/mol. The number of amides is 1. The quantitative estimate of drug-likeness (QED) is 0.938. The summed E-state index contributed by atoms with van der Waals surface area (Å²) in [5.41, 5.74) is 0.171. The number of pyridine rings is 1. The maximum atomic E-state index is 13.0. The molecule has 1 amide bonds. The molecule has 108 valence electrons. The number of carbonyl (C=O) groups excluding carboxylic acids is 1. The zero-order chi connectivity index (χ0) is 15.4. The molecule has 6 heteroatoms. The number of benzene rings is 1. The maximum Gasteiger partial charge on any atom is 0.338 e. The van der Waals surface area contributed by atoms with Crippen LogP contribution in [-0.2, 0) is 0 Å². The third kappa shape index (κ3) is 3.05. The van der Waals surface area contributed by atoms with Crippen molar-refractivity contribution >= 4 is 17.6 Å². The van der Waals surface area contributed by atoms with Crippen LogP contribution in [-0.4, -0.2) is 28.5 Å². The Morgan fingerprint density at radius 3 is 2.48 bits per heavy atom. The zero-order valence-electron chi connectivity index (χ0n) is 11.3. The Balaban J connectivity index is 2.41. The standard InChI is InChI=1S/C15H13FN2O3/c1-2-18(11-7-5-10(16)6-8-11)14(19)13-12(15(20)21)4-3-9-17-13/h3-9H,2H2,1H3,(H,20,21). The van der Waals surface area contributed by atoms with Gasteiger partial charge in [-0.05, 0) is 43.3 Å². The fourth-order valence-corrected chi connectivity index (χ4v) is 1.94. The van der Waals surface area contributed by atoms with Crippen molar-refractivity contribution in [2.24, 2.45) is 0 Å². The van der Waals surface area contributed by atoms with Gasteiger partial charge in [0.05, 0.1) is 5.56 Å². The fourth-order valence-electron chi connectivity index (χ4n) is 1.94. The molecule has 0 aliphatic rings. The first-order chi connectivity index (χ1) is 10.0. The number of rotatable bonds is 4. The molecule has 0 fully saturated rings. The number of hydrogen-bond acceptors (Lipinski definition) is 3. The second kappa shape index (κ2) is 6.13. The zero-order valence-corrected chi connectivity index (χ0v) is 11.3. The second-order valence-corrected chi connectivity index (χ2v) is 4.23. The normalized spacial score (nSPS) is 10.2. The molecule has 0 aliphatic carbocycles. The van der Waals surface area contributed by atoms with Crippen LogP contribution in [0.25, 0.3) is 0 Å². The maximum absolute atomic E-state index is 13.0. The molecular formula is C15H13FN2O3. The first-order valence-corrected chi connectivity index (χ1v) is 6.30. The molecule has 0 aliphatic heterocycles. The van der Waals surface area contributed by atoms with Gasteiger partial charge < -0.3 is 10.0 Å². The number of carboxylic acids is 1. The summed E-state index contributed by atoms with van der Waals surface area (Å²) in [4.78, 5) is 28.9. The van der Waals surface area contributed by atoms with E-state index in [1.807, 2.05) is 0 Å². The Bertz CT molecular complexity index is 671. The third-order valence-electron chi connectivity index (χ3n) is 2.94. The smallest absolute Gasteiger partial charge is 0.338 e. The van der Waals surface area contributed by atoms with Gasteiger partial charge in [0.25, 0.3) is 5.91 Å². The Kier molecular flexibility index (Phi) is 4.27. The van der Waals surface area contributed by atoms with Crippen LogP contribution < -0.4 is 4.90 Å². The van der Waals surface area contributed by atoms with Gasteiger partial charge in [0.2, 0.25) is 0 Å². The molecule has 0 saturated heterocycles. The predicted molar refractivity (Wildman–Crippen MR) is 74.9 cm³/mol. The van der Waals surface area contributed by atoms with E-state index in [9.17, 15) is 14.0 Å². The van der Waals surface area contributed by atoms with Crippen molar-refractivity contribution in [1.82, 2.24) is 4.98 Å². The molecule has 0 radical (unpaired) electrons. The van der Waals surface area contributed by atoms with Gasteiger partial charge in [-0.25, -0.2) is 9.18 Å². The van der Waals surface area contributed by atoms with Gasteiger partial charge in [-0.3, -0.25) is 9.78 Å². The van der Waals surface area contributed by atoms with E-state index in [1.54, 1.807) is 6.92 Å². The number of hydrogen-bond donors (Lipinski definition) is 1. The summed E-state index contributed by atoms with van der Waals surface area (Å²) in [6, 6.07) is 8.17. The second-order valence-electron chi connectivity index (χ2n) is 4.23. The monoisotopic (exact) mass is 288 g/mol. The van der Waals surface area contributed by atoms with Gasteiger partial charge in [-0.15, -0.1) is 0 Å². The SMILES string of the molecule is CCN(C(=O)c1ncccc1C(=O)O)c1ccc(F)cc1. The van der Waals surface area contributed by atoms with Crippen LogP contribution >= 0.6 is 0 Å². The van der Waals surface area contributed by atoms with Gasteiger partial charge in [-0.1, -0.05) is 0 Å². The van der Waals surface area contributed by atoms with Gasteiger partial charge in [-0.2, -0.15) is 0 Å². The van der Waals surface area contributed by atoms with E-state index in [0.29, 0.717) is 12.2 Å². The molecule has 0 atom stereocenters. The van der Waals surface area contributed by atoms with Gasteiger partial charge in [0.15, 0.2) is 0 Å². The number of halogens is 1. The number of carboxylic acid groups (broad SMARTS) is 1. The first kappa shape index (κ1) is 14.6. The van der Waals surface area contributed by atoms with Crippen LogP contribution in [0, 0.1) is 5.82 Å². The van der Waals surface area contributed by atoms with Crippen LogP contribution in [0.3, 0.4) is 0 Å². The molecule has 1 aromatic heterocycles. The Morgan fingerprint density at radius 2 is 1.90 bits per heavy atom. The number of aromatic carboxylic acids is 1. The number of carbonyl (C=O) groups is 2. The van der Waals surface area contributed by atoms with Crippen molar-refractivity contribution in [2.45, 2.75) is 6.92 Å². The lowest BCUT2D eigenvalue weighted by Gasteiger charge is -2.21. The van der Waals surface area contributed by atoms with Crippen molar-refractivity contribution in [2.75, 3.05) is 11.4 Å². The largest absolute Gasteiger partial charge is 0.478 e. The predicted octanol–water partition coefficient (Wildman–Crippen LogP) is 2.59. The van der Waals surface area contributed by atoms with Crippen molar-refractivity contribution in [3.63, 3.8) is 0 Å². The van der Waals surface area contributed by atoms with E-state index < -0.39 is 17.7 Å². The van der Waals surface area contributed by atoms with E-state index in [2.05, 4.69) is 4.98 Å². The van der Waals surface area contributed by atoms with E-state index in [-0.39, 0.29) is 11.3 Å². The minimum absolute atomic E-state index is 0.142. The van der Waals surface area contributed by atoms with E-state index in [1.165, 1.54) is 47.5 Å². The minimum Gasteiger partial charge on any atom is -0.478 e. The summed E-state index contributed by atoms with van der Waals surface area (Å²) in [5.74, 6) is -2.17. The van der Waals surface area contributed by atoms with Gasteiger partial charge in [0, 0.05) is 18.4 Å². The molecule has 2 aromatic rings. The summed E-state index contributed by atoms with van der Waals surface area (Å²) >= 11 is 0. The molecule has 5 nitrogen and oxygen atoms in total. The summed E-state index contributed by atoms with van der Waals surface area (Å²) < 4.78 is 13.0. The van der Waals surface area contributed by atoms with Crippen LogP contribution in [0.2, 0.25) is 0 Å². The van der Waals surface area contributed by atoms with Gasteiger partial charge in [0.1, 0.15) is 11.5 Å². The highest BCUT2D eigenvalue weighted by Crippen LogP contribution is 2.18. The summed E-state index contributed by atoms with van der Waals surface area (Å²) in [6.07, 6.45) is 1.36. The average Bonchev–Trinajstić information content (AvgIpc) is 2.49.